The Morgan fingerprint density at radius 1 is 1.33 bits per heavy atom. The van der Waals surface area contributed by atoms with Crippen molar-refractivity contribution in [2.75, 3.05) is 27.2 Å². The number of methoxy groups -OCH3 is 1. The molecule has 0 aliphatic rings. The standard InChI is InChI=1S/C12H28N2O/c1-10(12(2,3)4)14(5)8-7-11(9-13)15-6/h10-11H,7-9,13H2,1-6H3. The van der Waals surface area contributed by atoms with Gasteiger partial charge in [0, 0.05) is 26.2 Å². The van der Waals surface area contributed by atoms with Gasteiger partial charge in [0.15, 0.2) is 0 Å². The lowest BCUT2D eigenvalue weighted by Gasteiger charge is -2.35. The molecule has 0 aromatic rings. The van der Waals surface area contributed by atoms with Gasteiger partial charge in [-0.2, -0.15) is 0 Å². The van der Waals surface area contributed by atoms with E-state index in [1.165, 1.54) is 0 Å². The van der Waals surface area contributed by atoms with Gasteiger partial charge in [0.05, 0.1) is 6.10 Å². The van der Waals surface area contributed by atoms with Crippen molar-refractivity contribution in [3.05, 3.63) is 0 Å². The molecule has 0 aliphatic carbocycles. The summed E-state index contributed by atoms with van der Waals surface area (Å²) in [5.41, 5.74) is 5.91. The molecule has 2 unspecified atom stereocenters. The minimum absolute atomic E-state index is 0.194. The van der Waals surface area contributed by atoms with E-state index < -0.39 is 0 Å². The van der Waals surface area contributed by atoms with Gasteiger partial charge in [-0.05, 0) is 25.8 Å². The Labute approximate surface area is 95.0 Å². The Hall–Kier alpha value is -0.120. The summed E-state index contributed by atoms with van der Waals surface area (Å²) in [6.07, 6.45) is 1.20. The lowest BCUT2D eigenvalue weighted by atomic mass is 9.87. The molecule has 0 amide bonds. The Kier molecular flexibility index (Phi) is 6.41. The zero-order valence-electron chi connectivity index (χ0n) is 11.2. The highest BCUT2D eigenvalue weighted by molar-refractivity contribution is 4.78. The lowest BCUT2D eigenvalue weighted by Crippen LogP contribution is -2.41. The molecule has 2 atom stereocenters. The first-order chi connectivity index (χ1) is 6.82. The first-order valence-electron chi connectivity index (χ1n) is 5.76. The zero-order chi connectivity index (χ0) is 12.1. The fourth-order valence-electron chi connectivity index (χ4n) is 1.53. The van der Waals surface area contributed by atoms with Crippen LogP contribution in [0.4, 0.5) is 0 Å². The monoisotopic (exact) mass is 216 g/mol. The lowest BCUT2D eigenvalue weighted by molar-refractivity contribution is 0.0746. The summed E-state index contributed by atoms with van der Waals surface area (Å²) < 4.78 is 5.26. The molecule has 0 aromatic carbocycles. The molecule has 3 heteroatoms. The molecule has 0 radical (unpaired) electrons. The van der Waals surface area contributed by atoms with Crippen LogP contribution in [0.15, 0.2) is 0 Å². The van der Waals surface area contributed by atoms with Crippen LogP contribution < -0.4 is 5.73 Å². The van der Waals surface area contributed by atoms with Gasteiger partial charge in [0.1, 0.15) is 0 Å². The third kappa shape index (κ3) is 5.50. The molecule has 2 N–H and O–H groups in total. The van der Waals surface area contributed by atoms with Gasteiger partial charge in [0.2, 0.25) is 0 Å². The molecule has 3 nitrogen and oxygen atoms in total. The molecule has 0 saturated carbocycles. The van der Waals surface area contributed by atoms with Crippen molar-refractivity contribution in [3.8, 4) is 0 Å². The molecule has 0 rings (SSSR count). The van der Waals surface area contributed by atoms with Crippen LogP contribution in [0.5, 0.6) is 0 Å². The number of hydrogen-bond acceptors (Lipinski definition) is 3. The van der Waals surface area contributed by atoms with Gasteiger partial charge in [-0.25, -0.2) is 0 Å². The van der Waals surface area contributed by atoms with E-state index in [4.69, 9.17) is 10.5 Å². The van der Waals surface area contributed by atoms with Crippen LogP contribution in [0, 0.1) is 5.41 Å². The highest BCUT2D eigenvalue weighted by Crippen LogP contribution is 2.23. The van der Waals surface area contributed by atoms with Crippen molar-refractivity contribution in [1.29, 1.82) is 0 Å². The van der Waals surface area contributed by atoms with Crippen LogP contribution in [0.25, 0.3) is 0 Å². The summed E-state index contributed by atoms with van der Waals surface area (Å²) in [6, 6.07) is 0.563. The Bertz CT molecular complexity index is 161. The van der Waals surface area contributed by atoms with E-state index in [0.29, 0.717) is 18.0 Å². The van der Waals surface area contributed by atoms with Gasteiger partial charge in [-0.1, -0.05) is 20.8 Å². The number of ether oxygens (including phenoxy) is 1. The molecule has 0 bridgehead atoms. The molecule has 0 aliphatic heterocycles. The number of nitrogens with zero attached hydrogens (tertiary/aromatic N) is 1. The van der Waals surface area contributed by atoms with Crippen molar-refractivity contribution in [1.82, 2.24) is 4.90 Å². The fraction of sp³-hybridized carbons (Fsp3) is 1.00. The molecule has 0 fully saturated rings. The zero-order valence-corrected chi connectivity index (χ0v) is 11.2. The van der Waals surface area contributed by atoms with Gasteiger partial charge in [-0.3, -0.25) is 0 Å². The third-order valence-corrected chi connectivity index (χ3v) is 3.31. The summed E-state index contributed by atoms with van der Waals surface area (Å²) >= 11 is 0. The molecule has 0 saturated heterocycles. The second-order valence-corrected chi connectivity index (χ2v) is 5.40. The maximum absolute atomic E-state index is 5.59. The van der Waals surface area contributed by atoms with Crippen LogP contribution in [-0.4, -0.2) is 44.3 Å². The molecule has 0 spiro atoms. The van der Waals surface area contributed by atoms with Gasteiger partial charge < -0.3 is 15.4 Å². The summed E-state index contributed by atoms with van der Waals surface area (Å²) in [5, 5.41) is 0. The van der Waals surface area contributed by atoms with Crippen LogP contribution in [0.3, 0.4) is 0 Å². The molecule has 92 valence electrons. The van der Waals surface area contributed by atoms with E-state index in [2.05, 4.69) is 39.6 Å². The van der Waals surface area contributed by atoms with E-state index >= 15 is 0 Å². The maximum Gasteiger partial charge on any atom is 0.0705 e. The SMILES string of the molecule is COC(CN)CCN(C)C(C)C(C)(C)C. The van der Waals surface area contributed by atoms with Gasteiger partial charge in [0.25, 0.3) is 0 Å². The van der Waals surface area contributed by atoms with E-state index in [0.717, 1.165) is 13.0 Å². The highest BCUT2D eigenvalue weighted by atomic mass is 16.5. The van der Waals surface area contributed by atoms with Crippen LogP contribution in [-0.2, 0) is 4.74 Å². The Morgan fingerprint density at radius 2 is 1.87 bits per heavy atom. The van der Waals surface area contributed by atoms with Gasteiger partial charge >= 0.3 is 0 Å². The van der Waals surface area contributed by atoms with Crippen LogP contribution >= 0.6 is 0 Å². The molecule has 15 heavy (non-hydrogen) atoms. The van der Waals surface area contributed by atoms with E-state index in [1.807, 2.05) is 0 Å². The Morgan fingerprint density at radius 3 is 2.20 bits per heavy atom. The highest BCUT2D eigenvalue weighted by Gasteiger charge is 2.23. The van der Waals surface area contributed by atoms with Crippen LogP contribution in [0.2, 0.25) is 0 Å². The van der Waals surface area contributed by atoms with E-state index in [1.54, 1.807) is 7.11 Å². The second-order valence-electron chi connectivity index (χ2n) is 5.40. The number of nitrogens with two attached hydrogens (primary N) is 1. The average molecular weight is 216 g/mol. The van der Waals surface area contributed by atoms with Crippen molar-refractivity contribution in [2.24, 2.45) is 11.1 Å². The van der Waals surface area contributed by atoms with Gasteiger partial charge in [-0.15, -0.1) is 0 Å². The molecule has 0 heterocycles. The van der Waals surface area contributed by atoms with Crippen LogP contribution in [0.1, 0.15) is 34.1 Å². The summed E-state index contributed by atoms with van der Waals surface area (Å²) in [5.74, 6) is 0. The predicted octanol–water partition coefficient (Wildman–Crippen LogP) is 1.72. The first kappa shape index (κ1) is 14.9. The van der Waals surface area contributed by atoms with Crippen molar-refractivity contribution >= 4 is 0 Å². The van der Waals surface area contributed by atoms with Crippen molar-refractivity contribution < 1.29 is 4.74 Å². The predicted molar refractivity (Wildman–Crippen MR) is 66.0 cm³/mol. The normalized spacial score (nSPS) is 16.8. The van der Waals surface area contributed by atoms with Crippen molar-refractivity contribution in [3.63, 3.8) is 0 Å². The van der Waals surface area contributed by atoms with E-state index in [9.17, 15) is 0 Å². The van der Waals surface area contributed by atoms with E-state index in [-0.39, 0.29) is 6.10 Å². The summed E-state index contributed by atoms with van der Waals surface area (Å²) in [4.78, 5) is 2.38. The summed E-state index contributed by atoms with van der Waals surface area (Å²) in [6.45, 7) is 10.7. The summed E-state index contributed by atoms with van der Waals surface area (Å²) in [7, 11) is 3.89. The molecule has 0 aromatic heterocycles. The topological polar surface area (TPSA) is 38.5 Å². The quantitative estimate of drug-likeness (QED) is 0.734. The second kappa shape index (κ2) is 6.46. The number of rotatable bonds is 6. The third-order valence-electron chi connectivity index (χ3n) is 3.31. The smallest absolute Gasteiger partial charge is 0.0705 e. The minimum Gasteiger partial charge on any atom is -0.380 e. The fourth-order valence-corrected chi connectivity index (χ4v) is 1.53. The molecular formula is C12H28N2O. The average Bonchev–Trinajstić information content (AvgIpc) is 2.16. The Balaban J connectivity index is 3.97. The minimum atomic E-state index is 0.194. The van der Waals surface area contributed by atoms with Crippen molar-refractivity contribution in [2.45, 2.75) is 46.3 Å². The maximum atomic E-state index is 5.59. The number of hydrogen-bond donors (Lipinski definition) is 1. The largest absolute Gasteiger partial charge is 0.380 e. The molecular weight excluding hydrogens is 188 g/mol. The first-order valence-corrected chi connectivity index (χ1v) is 5.76.